The molecule has 1 atom stereocenters. The molecule has 3 rings (SSSR count). The van der Waals surface area contributed by atoms with Gasteiger partial charge in [0, 0.05) is 18.7 Å². The van der Waals surface area contributed by atoms with Gasteiger partial charge >= 0.3 is 5.76 Å². The van der Waals surface area contributed by atoms with Gasteiger partial charge in [-0.3, -0.25) is 4.79 Å². The number of hydrogen-bond acceptors (Lipinski definition) is 5. The van der Waals surface area contributed by atoms with Crippen molar-refractivity contribution in [1.29, 1.82) is 0 Å². The van der Waals surface area contributed by atoms with Gasteiger partial charge in [-0.05, 0) is 18.6 Å². The van der Waals surface area contributed by atoms with Crippen molar-refractivity contribution in [3.05, 3.63) is 40.9 Å². The summed E-state index contributed by atoms with van der Waals surface area (Å²) < 4.78 is 11.7. The third-order valence-electron chi connectivity index (χ3n) is 3.86. The Morgan fingerprint density at radius 1 is 1.35 bits per heavy atom. The van der Waals surface area contributed by atoms with E-state index >= 15 is 0 Å². The Morgan fingerprint density at radius 3 is 2.87 bits per heavy atom. The maximum atomic E-state index is 12.4. The Labute approximate surface area is 133 Å². The van der Waals surface area contributed by atoms with Crippen molar-refractivity contribution in [3.8, 4) is 11.5 Å². The van der Waals surface area contributed by atoms with Crippen LogP contribution in [0, 0.1) is 0 Å². The summed E-state index contributed by atoms with van der Waals surface area (Å²) in [6.45, 7) is 3.51. The van der Waals surface area contributed by atoms with Gasteiger partial charge in [0.15, 0.2) is 0 Å². The molecule has 1 saturated heterocycles. The van der Waals surface area contributed by atoms with Crippen LogP contribution in [-0.2, 0) is 16.1 Å². The minimum atomic E-state index is -0.627. The molecule has 1 aromatic carbocycles. The first-order valence-electron chi connectivity index (χ1n) is 7.70. The molecule has 122 valence electrons. The lowest BCUT2D eigenvalue weighted by atomic mass is 10.2. The fourth-order valence-electron chi connectivity index (χ4n) is 2.52. The summed E-state index contributed by atoms with van der Waals surface area (Å²) in [6.07, 6.45) is 0.910. The van der Waals surface area contributed by atoms with Crippen molar-refractivity contribution in [2.24, 2.45) is 0 Å². The highest BCUT2D eigenvalue weighted by atomic mass is 16.5. The fourth-order valence-corrected chi connectivity index (χ4v) is 2.52. The molecule has 1 amide bonds. The highest BCUT2D eigenvalue weighted by molar-refractivity contribution is 5.76. The molecular formula is C16H19N3O4. The number of rotatable bonds is 4. The van der Waals surface area contributed by atoms with Crippen LogP contribution in [0.5, 0.6) is 0 Å². The Bertz CT molecular complexity index is 722. The van der Waals surface area contributed by atoms with Gasteiger partial charge in [-0.1, -0.05) is 25.1 Å². The monoisotopic (exact) mass is 317 g/mol. The first-order valence-corrected chi connectivity index (χ1v) is 7.70. The van der Waals surface area contributed by atoms with E-state index in [2.05, 4.69) is 5.10 Å². The number of amides is 1. The Kier molecular flexibility index (Phi) is 4.57. The summed E-state index contributed by atoms with van der Waals surface area (Å²) in [4.78, 5) is 26.0. The minimum Gasteiger partial charge on any atom is -0.388 e. The molecule has 1 aliphatic rings. The zero-order valence-electron chi connectivity index (χ0n) is 13.0. The van der Waals surface area contributed by atoms with E-state index in [4.69, 9.17) is 9.15 Å². The largest absolute Gasteiger partial charge is 0.437 e. The summed E-state index contributed by atoms with van der Waals surface area (Å²) in [6, 6.07) is 9.12. The fraction of sp³-hybridized carbons (Fsp3) is 0.438. The predicted octanol–water partition coefficient (Wildman–Crippen LogP) is 1.14. The molecule has 0 aliphatic carbocycles. The number of aromatic nitrogens is 2. The van der Waals surface area contributed by atoms with Gasteiger partial charge in [0.2, 0.25) is 11.8 Å². The minimum absolute atomic E-state index is 0.0570. The summed E-state index contributed by atoms with van der Waals surface area (Å²) in [5.41, 5.74) is 0.702. The van der Waals surface area contributed by atoms with Crippen LogP contribution >= 0.6 is 0 Å². The molecule has 23 heavy (non-hydrogen) atoms. The third kappa shape index (κ3) is 3.50. The number of nitrogens with zero attached hydrogens (tertiary/aromatic N) is 3. The number of hydrogen-bond donors (Lipinski definition) is 0. The molecule has 0 radical (unpaired) electrons. The quantitative estimate of drug-likeness (QED) is 0.845. The zero-order chi connectivity index (χ0) is 16.2. The maximum Gasteiger partial charge on any atom is 0.437 e. The highest BCUT2D eigenvalue weighted by Crippen LogP contribution is 2.14. The average Bonchev–Trinajstić information content (AvgIpc) is 2.96. The molecule has 7 heteroatoms. The summed E-state index contributed by atoms with van der Waals surface area (Å²) in [5, 5.41) is 4.11. The zero-order valence-corrected chi connectivity index (χ0v) is 13.0. The van der Waals surface area contributed by atoms with Crippen molar-refractivity contribution in [1.82, 2.24) is 14.7 Å². The summed E-state index contributed by atoms with van der Waals surface area (Å²) in [5.74, 6) is -0.559. The van der Waals surface area contributed by atoms with Crippen molar-refractivity contribution in [2.75, 3.05) is 19.7 Å². The van der Waals surface area contributed by atoms with Crippen molar-refractivity contribution < 1.29 is 13.9 Å². The molecule has 2 aromatic rings. The molecule has 1 aliphatic heterocycles. The first-order chi connectivity index (χ1) is 11.2. The molecule has 0 bridgehead atoms. The average molecular weight is 317 g/mol. The first kappa shape index (κ1) is 15.5. The number of ether oxygens (including phenoxy) is 1. The van der Waals surface area contributed by atoms with E-state index in [-0.39, 0.29) is 24.4 Å². The van der Waals surface area contributed by atoms with Gasteiger partial charge < -0.3 is 14.1 Å². The topological polar surface area (TPSA) is 77.6 Å². The molecule has 0 saturated carbocycles. The molecule has 7 nitrogen and oxygen atoms in total. The van der Waals surface area contributed by atoms with Gasteiger partial charge in [0.25, 0.3) is 0 Å². The van der Waals surface area contributed by atoms with Crippen molar-refractivity contribution in [2.45, 2.75) is 26.0 Å². The number of morpholine rings is 1. The Morgan fingerprint density at radius 2 is 2.13 bits per heavy atom. The molecular weight excluding hydrogens is 298 g/mol. The third-order valence-corrected chi connectivity index (χ3v) is 3.86. The van der Waals surface area contributed by atoms with Gasteiger partial charge in [-0.2, -0.15) is 4.68 Å². The summed E-state index contributed by atoms with van der Waals surface area (Å²) in [7, 11) is 0. The van der Waals surface area contributed by atoms with Crippen molar-refractivity contribution in [3.63, 3.8) is 0 Å². The van der Waals surface area contributed by atoms with Crippen LogP contribution in [0.4, 0.5) is 0 Å². The SMILES string of the molecule is CCC1CN(C(=O)Cn2nc(-c3ccccc3)oc2=O)CCO1. The van der Waals surface area contributed by atoms with E-state index in [9.17, 15) is 9.59 Å². The maximum absolute atomic E-state index is 12.4. The van der Waals surface area contributed by atoms with Crippen LogP contribution in [0.3, 0.4) is 0 Å². The molecule has 0 spiro atoms. The van der Waals surface area contributed by atoms with E-state index in [0.29, 0.717) is 25.3 Å². The van der Waals surface area contributed by atoms with E-state index in [0.717, 1.165) is 11.1 Å². The molecule has 1 fully saturated rings. The smallest absolute Gasteiger partial charge is 0.388 e. The number of carbonyl (C=O) groups is 1. The van der Waals surface area contributed by atoms with E-state index in [1.807, 2.05) is 25.1 Å². The summed E-state index contributed by atoms with van der Waals surface area (Å²) >= 11 is 0. The standard InChI is InChI=1S/C16H19N3O4/c1-2-13-10-18(8-9-22-13)14(20)11-19-16(21)23-15(17-19)12-6-4-3-5-7-12/h3-7,13H,2,8-11H2,1H3. The van der Waals surface area contributed by atoms with E-state index in [1.54, 1.807) is 17.0 Å². The van der Waals surface area contributed by atoms with Gasteiger partial charge in [0.1, 0.15) is 6.54 Å². The van der Waals surface area contributed by atoms with Crippen LogP contribution in [0.25, 0.3) is 11.5 Å². The van der Waals surface area contributed by atoms with Gasteiger partial charge in [0.05, 0.1) is 12.7 Å². The number of benzene rings is 1. The Hall–Kier alpha value is -2.41. The molecule has 1 unspecified atom stereocenters. The van der Waals surface area contributed by atoms with Crippen molar-refractivity contribution >= 4 is 5.91 Å². The molecule has 2 heterocycles. The normalized spacial score (nSPS) is 18.1. The van der Waals surface area contributed by atoms with Crippen LogP contribution in [0.2, 0.25) is 0 Å². The highest BCUT2D eigenvalue weighted by Gasteiger charge is 2.24. The second kappa shape index (κ2) is 6.78. The van der Waals surface area contributed by atoms with Crippen LogP contribution in [-0.4, -0.2) is 46.4 Å². The molecule has 0 N–H and O–H groups in total. The van der Waals surface area contributed by atoms with Crippen LogP contribution in [0.1, 0.15) is 13.3 Å². The molecule has 1 aromatic heterocycles. The lowest BCUT2D eigenvalue weighted by molar-refractivity contribution is -0.139. The second-order valence-corrected chi connectivity index (χ2v) is 5.44. The second-order valence-electron chi connectivity index (χ2n) is 5.44. The Balaban J connectivity index is 1.72. The van der Waals surface area contributed by atoms with E-state index < -0.39 is 5.76 Å². The lowest BCUT2D eigenvalue weighted by Crippen LogP contribution is -2.47. The van der Waals surface area contributed by atoms with Gasteiger partial charge in [-0.25, -0.2) is 4.79 Å². The van der Waals surface area contributed by atoms with E-state index in [1.165, 1.54) is 0 Å². The lowest BCUT2D eigenvalue weighted by Gasteiger charge is -2.32. The van der Waals surface area contributed by atoms with Crippen LogP contribution < -0.4 is 5.76 Å². The van der Waals surface area contributed by atoms with Crippen LogP contribution in [0.15, 0.2) is 39.5 Å². The number of carbonyl (C=O) groups excluding carboxylic acids is 1. The van der Waals surface area contributed by atoms with Gasteiger partial charge in [-0.15, -0.1) is 5.10 Å². The predicted molar refractivity (Wildman–Crippen MR) is 82.8 cm³/mol.